The maximum Gasteiger partial charge on any atom is 0.232 e. The average Bonchev–Trinajstić information content (AvgIpc) is 2.22. The second-order valence-electron chi connectivity index (χ2n) is 5.28. The van der Waals surface area contributed by atoms with Crippen LogP contribution in [-0.4, -0.2) is 27.4 Å². The van der Waals surface area contributed by atoms with Crippen molar-refractivity contribution < 1.29 is 8.76 Å². The highest BCUT2D eigenvalue weighted by Gasteiger charge is 2.24. The first kappa shape index (κ1) is 15.1. The van der Waals surface area contributed by atoms with Crippen LogP contribution in [0.15, 0.2) is 0 Å². The van der Waals surface area contributed by atoms with E-state index in [0.717, 1.165) is 38.8 Å². The van der Waals surface area contributed by atoms with Crippen LogP contribution in [0.3, 0.4) is 0 Å². The fourth-order valence-electron chi connectivity index (χ4n) is 2.46. The molecule has 1 saturated heterocycles. The summed E-state index contributed by atoms with van der Waals surface area (Å²) in [6.45, 7) is 4.18. The van der Waals surface area contributed by atoms with Crippen molar-refractivity contribution in [2.24, 2.45) is 0 Å². The van der Waals surface area contributed by atoms with Gasteiger partial charge in [-0.05, 0) is 45.7 Å². The van der Waals surface area contributed by atoms with E-state index in [9.17, 15) is 4.21 Å². The van der Waals surface area contributed by atoms with E-state index in [1.54, 1.807) is 0 Å². The lowest BCUT2D eigenvalue weighted by Gasteiger charge is -2.29. The molecule has 1 aliphatic heterocycles. The van der Waals surface area contributed by atoms with Gasteiger partial charge in [0.1, 0.15) is 0 Å². The molecule has 4 nitrogen and oxygen atoms in total. The molecule has 17 heavy (non-hydrogen) atoms. The van der Waals surface area contributed by atoms with Gasteiger partial charge in [0.2, 0.25) is 11.3 Å². The van der Waals surface area contributed by atoms with Gasteiger partial charge >= 0.3 is 0 Å². The highest BCUT2D eigenvalue weighted by atomic mass is 32.2. The Balaban J connectivity index is 2.44. The maximum atomic E-state index is 10.9. The van der Waals surface area contributed by atoms with Crippen molar-refractivity contribution in [2.45, 2.75) is 63.8 Å². The van der Waals surface area contributed by atoms with Gasteiger partial charge < -0.3 is 5.32 Å². The Hall–Kier alpha value is 0.0300. The molecule has 5 heteroatoms. The van der Waals surface area contributed by atoms with E-state index < -0.39 is 11.3 Å². The van der Waals surface area contributed by atoms with Crippen LogP contribution in [-0.2, 0) is 11.3 Å². The minimum atomic E-state index is -1.90. The predicted octanol–water partition coefficient (Wildman–Crippen LogP) is 2.20. The molecule has 0 aromatic heterocycles. The standard InChI is InChI=1S/C12H26N2O2S/c1-12(14-17(15)16)8-5-3-2-4-6-10-13-11-7-9-12/h13-14H,2-11H2,1H3,(H,15,16). The van der Waals surface area contributed by atoms with Crippen LogP contribution in [0.25, 0.3) is 0 Å². The third kappa shape index (κ3) is 7.13. The van der Waals surface area contributed by atoms with Gasteiger partial charge in [-0.1, -0.05) is 25.7 Å². The summed E-state index contributed by atoms with van der Waals surface area (Å²) >= 11 is -1.90. The van der Waals surface area contributed by atoms with Crippen molar-refractivity contribution in [1.82, 2.24) is 10.0 Å². The van der Waals surface area contributed by atoms with E-state index in [2.05, 4.69) is 17.0 Å². The molecule has 2 unspecified atom stereocenters. The van der Waals surface area contributed by atoms with Gasteiger partial charge in [0.25, 0.3) is 0 Å². The van der Waals surface area contributed by atoms with Gasteiger partial charge in [-0.15, -0.1) is 0 Å². The molecule has 0 amide bonds. The summed E-state index contributed by atoms with van der Waals surface area (Å²) in [7, 11) is 0. The molecular weight excluding hydrogens is 236 g/mol. The summed E-state index contributed by atoms with van der Waals surface area (Å²) in [5.41, 5.74) is -0.194. The zero-order valence-electron chi connectivity index (χ0n) is 10.8. The third-order valence-corrected chi connectivity index (χ3v) is 4.17. The lowest BCUT2D eigenvalue weighted by atomic mass is 9.90. The van der Waals surface area contributed by atoms with E-state index in [-0.39, 0.29) is 5.54 Å². The predicted molar refractivity (Wildman–Crippen MR) is 72.1 cm³/mol. The van der Waals surface area contributed by atoms with Gasteiger partial charge in [-0.3, -0.25) is 4.55 Å². The van der Waals surface area contributed by atoms with Crippen molar-refractivity contribution in [3.05, 3.63) is 0 Å². The van der Waals surface area contributed by atoms with Crippen molar-refractivity contribution >= 4 is 11.3 Å². The summed E-state index contributed by atoms with van der Waals surface area (Å²) in [5.74, 6) is 0. The fraction of sp³-hybridized carbons (Fsp3) is 1.00. The van der Waals surface area contributed by atoms with Crippen LogP contribution >= 0.6 is 0 Å². The van der Waals surface area contributed by atoms with Crippen molar-refractivity contribution in [3.8, 4) is 0 Å². The van der Waals surface area contributed by atoms with Crippen molar-refractivity contribution in [2.75, 3.05) is 13.1 Å². The molecule has 1 rings (SSSR count). The van der Waals surface area contributed by atoms with Gasteiger partial charge in [-0.25, -0.2) is 8.93 Å². The Morgan fingerprint density at radius 3 is 2.41 bits per heavy atom. The van der Waals surface area contributed by atoms with E-state index in [0.29, 0.717) is 0 Å². The van der Waals surface area contributed by atoms with Crippen LogP contribution < -0.4 is 10.0 Å². The Kier molecular flexibility index (Phi) is 7.27. The highest BCUT2D eigenvalue weighted by Crippen LogP contribution is 2.21. The van der Waals surface area contributed by atoms with E-state index in [1.165, 1.54) is 25.7 Å². The number of hydrogen-bond acceptors (Lipinski definition) is 2. The zero-order chi connectivity index (χ0) is 12.6. The molecule has 0 saturated carbocycles. The molecule has 1 heterocycles. The quantitative estimate of drug-likeness (QED) is 0.669. The summed E-state index contributed by atoms with van der Waals surface area (Å²) in [6, 6.07) is 0. The first-order valence-electron chi connectivity index (χ1n) is 6.72. The molecular formula is C12H26N2O2S. The molecule has 0 aromatic carbocycles. The molecule has 0 aromatic rings. The minimum absolute atomic E-state index is 0.194. The molecule has 0 bridgehead atoms. The van der Waals surface area contributed by atoms with E-state index in [1.807, 2.05) is 0 Å². The Labute approximate surface area is 107 Å². The highest BCUT2D eigenvalue weighted by molar-refractivity contribution is 7.77. The largest absolute Gasteiger partial charge is 0.317 e. The molecule has 0 spiro atoms. The van der Waals surface area contributed by atoms with Gasteiger partial charge in [0.15, 0.2) is 0 Å². The molecule has 102 valence electrons. The number of nitrogens with one attached hydrogen (secondary N) is 2. The number of rotatable bonds is 2. The average molecular weight is 262 g/mol. The normalized spacial score (nSPS) is 31.2. The summed E-state index contributed by atoms with van der Waals surface area (Å²) < 4.78 is 22.7. The van der Waals surface area contributed by atoms with Crippen LogP contribution in [0.5, 0.6) is 0 Å². The second kappa shape index (κ2) is 8.19. The summed E-state index contributed by atoms with van der Waals surface area (Å²) in [5, 5.41) is 3.43. The van der Waals surface area contributed by atoms with E-state index in [4.69, 9.17) is 4.55 Å². The molecule has 3 N–H and O–H groups in total. The first-order valence-corrected chi connectivity index (χ1v) is 7.82. The van der Waals surface area contributed by atoms with Crippen LogP contribution in [0.4, 0.5) is 0 Å². The lowest BCUT2D eigenvalue weighted by Crippen LogP contribution is -2.43. The molecule has 1 fully saturated rings. The first-order chi connectivity index (χ1) is 8.12. The van der Waals surface area contributed by atoms with Gasteiger partial charge in [-0.2, -0.15) is 0 Å². The fourth-order valence-corrected chi connectivity index (χ4v) is 3.09. The third-order valence-electron chi connectivity index (χ3n) is 3.50. The van der Waals surface area contributed by atoms with Crippen molar-refractivity contribution in [1.29, 1.82) is 0 Å². The topological polar surface area (TPSA) is 61.4 Å². The summed E-state index contributed by atoms with van der Waals surface area (Å²) in [4.78, 5) is 0. The van der Waals surface area contributed by atoms with Gasteiger partial charge in [0.05, 0.1) is 0 Å². The molecule has 1 aliphatic rings. The minimum Gasteiger partial charge on any atom is -0.317 e. The molecule has 0 radical (unpaired) electrons. The van der Waals surface area contributed by atoms with Crippen molar-refractivity contribution in [3.63, 3.8) is 0 Å². The van der Waals surface area contributed by atoms with Gasteiger partial charge in [0, 0.05) is 5.54 Å². The smallest absolute Gasteiger partial charge is 0.232 e. The SMILES string of the molecule is CC1(NS(=O)O)CCCCCCCNCCC1. The maximum absolute atomic E-state index is 10.9. The Morgan fingerprint density at radius 2 is 1.65 bits per heavy atom. The number of hydrogen-bond donors (Lipinski definition) is 3. The van der Waals surface area contributed by atoms with Crippen LogP contribution in [0.2, 0.25) is 0 Å². The Morgan fingerprint density at radius 1 is 1.06 bits per heavy atom. The Bertz CT molecular complexity index is 225. The lowest BCUT2D eigenvalue weighted by molar-refractivity contribution is 0.328. The second-order valence-corrected chi connectivity index (χ2v) is 5.99. The van der Waals surface area contributed by atoms with E-state index >= 15 is 0 Å². The monoisotopic (exact) mass is 262 g/mol. The van der Waals surface area contributed by atoms with Crippen LogP contribution in [0, 0.1) is 0 Å². The van der Waals surface area contributed by atoms with Crippen LogP contribution in [0.1, 0.15) is 58.3 Å². The zero-order valence-corrected chi connectivity index (χ0v) is 11.7. The molecule has 0 aliphatic carbocycles. The summed E-state index contributed by atoms with van der Waals surface area (Å²) in [6.07, 6.45) is 9.22. The molecule has 2 atom stereocenters.